The number of rotatable bonds is 1. The van der Waals surface area contributed by atoms with Crippen LogP contribution in [-0.2, 0) is 10.2 Å². The van der Waals surface area contributed by atoms with E-state index in [-0.39, 0.29) is 16.9 Å². The summed E-state index contributed by atoms with van der Waals surface area (Å²) in [5.74, 6) is 0.143. The molecule has 1 aromatic carbocycles. The lowest BCUT2D eigenvalue weighted by molar-refractivity contribution is -0.0954. The largest absolute Gasteiger partial charge is 0.372 e. The fraction of sp³-hybridized carbons (Fsp3) is 0.632. The molecule has 0 atom stereocenters. The molecule has 2 aliphatic heterocycles. The standard InChI is InChI=1S/C19H28N2O2/c1-18(2,3)16-6-4-15(5-7-16)17(22)21-11-8-19(9-12-21)14-20-10-13-23-19/h4-7,20H,8-14H2,1-3H3. The third kappa shape index (κ3) is 3.59. The van der Waals surface area contributed by atoms with E-state index in [1.165, 1.54) is 5.56 Å². The van der Waals surface area contributed by atoms with Crippen LogP contribution in [0.2, 0.25) is 0 Å². The number of hydrogen-bond donors (Lipinski definition) is 1. The highest BCUT2D eigenvalue weighted by molar-refractivity contribution is 5.94. The lowest BCUT2D eigenvalue weighted by Gasteiger charge is -2.44. The molecule has 0 saturated carbocycles. The summed E-state index contributed by atoms with van der Waals surface area (Å²) in [5.41, 5.74) is 2.11. The number of likely N-dealkylation sites (tertiary alicyclic amines) is 1. The number of morpholine rings is 1. The van der Waals surface area contributed by atoms with Gasteiger partial charge in [-0.25, -0.2) is 0 Å². The van der Waals surface area contributed by atoms with Crippen LogP contribution in [0.25, 0.3) is 0 Å². The van der Waals surface area contributed by atoms with Crippen LogP contribution in [0.15, 0.2) is 24.3 Å². The molecule has 0 unspecified atom stereocenters. The lowest BCUT2D eigenvalue weighted by Crippen LogP contribution is -2.56. The van der Waals surface area contributed by atoms with Crippen molar-refractivity contribution >= 4 is 5.91 Å². The number of benzene rings is 1. The average Bonchev–Trinajstić information content (AvgIpc) is 2.55. The van der Waals surface area contributed by atoms with E-state index < -0.39 is 0 Å². The van der Waals surface area contributed by atoms with Gasteiger partial charge in [-0.05, 0) is 36.0 Å². The summed E-state index contributed by atoms with van der Waals surface area (Å²) in [6.45, 7) is 10.7. The van der Waals surface area contributed by atoms with Gasteiger partial charge in [0.05, 0.1) is 12.2 Å². The van der Waals surface area contributed by atoms with Gasteiger partial charge in [-0.15, -0.1) is 0 Å². The van der Waals surface area contributed by atoms with Gasteiger partial charge in [0.15, 0.2) is 0 Å². The molecule has 4 nitrogen and oxygen atoms in total. The first kappa shape index (κ1) is 16.5. The van der Waals surface area contributed by atoms with E-state index in [4.69, 9.17) is 4.74 Å². The lowest BCUT2D eigenvalue weighted by atomic mass is 9.86. The predicted molar refractivity (Wildman–Crippen MR) is 91.8 cm³/mol. The highest BCUT2D eigenvalue weighted by Crippen LogP contribution is 2.28. The third-order valence-electron chi connectivity index (χ3n) is 5.09. The van der Waals surface area contributed by atoms with Crippen molar-refractivity contribution in [2.45, 2.75) is 44.6 Å². The molecule has 4 heteroatoms. The van der Waals surface area contributed by atoms with Crippen LogP contribution < -0.4 is 5.32 Å². The van der Waals surface area contributed by atoms with Gasteiger partial charge < -0.3 is 15.0 Å². The molecular weight excluding hydrogens is 288 g/mol. The molecule has 3 rings (SSSR count). The van der Waals surface area contributed by atoms with Crippen molar-refractivity contribution in [1.82, 2.24) is 10.2 Å². The normalized spacial score (nSPS) is 21.4. The quantitative estimate of drug-likeness (QED) is 0.866. The summed E-state index contributed by atoms with van der Waals surface area (Å²) < 4.78 is 5.99. The summed E-state index contributed by atoms with van der Waals surface area (Å²) in [6, 6.07) is 8.08. The summed E-state index contributed by atoms with van der Waals surface area (Å²) >= 11 is 0. The number of nitrogens with one attached hydrogen (secondary N) is 1. The molecular formula is C19H28N2O2. The zero-order chi connectivity index (χ0) is 16.5. The molecule has 0 aliphatic carbocycles. The highest BCUT2D eigenvalue weighted by atomic mass is 16.5. The fourth-order valence-corrected chi connectivity index (χ4v) is 3.44. The molecule has 1 N–H and O–H groups in total. The number of hydrogen-bond acceptors (Lipinski definition) is 3. The van der Waals surface area contributed by atoms with Crippen LogP contribution in [0.3, 0.4) is 0 Å². The summed E-state index contributed by atoms with van der Waals surface area (Å²) in [5, 5.41) is 3.41. The first-order valence-electron chi connectivity index (χ1n) is 8.64. The van der Waals surface area contributed by atoms with E-state index in [2.05, 4.69) is 38.2 Å². The van der Waals surface area contributed by atoms with Gasteiger partial charge in [-0.2, -0.15) is 0 Å². The van der Waals surface area contributed by atoms with Crippen molar-refractivity contribution in [1.29, 1.82) is 0 Å². The van der Waals surface area contributed by atoms with Crippen molar-refractivity contribution in [2.24, 2.45) is 0 Å². The van der Waals surface area contributed by atoms with E-state index in [0.29, 0.717) is 0 Å². The van der Waals surface area contributed by atoms with Crippen molar-refractivity contribution in [3.8, 4) is 0 Å². The molecule has 0 radical (unpaired) electrons. The SMILES string of the molecule is CC(C)(C)c1ccc(C(=O)N2CCC3(CC2)CNCCO3)cc1. The Morgan fingerprint density at radius 1 is 1.17 bits per heavy atom. The third-order valence-corrected chi connectivity index (χ3v) is 5.09. The van der Waals surface area contributed by atoms with E-state index in [1.54, 1.807) is 0 Å². The highest BCUT2D eigenvalue weighted by Gasteiger charge is 2.38. The summed E-state index contributed by atoms with van der Waals surface area (Å²) in [7, 11) is 0. The number of nitrogens with zero attached hydrogens (tertiary/aromatic N) is 1. The van der Waals surface area contributed by atoms with Crippen molar-refractivity contribution in [3.05, 3.63) is 35.4 Å². The number of ether oxygens (including phenoxy) is 1. The zero-order valence-electron chi connectivity index (χ0n) is 14.5. The molecule has 0 aromatic heterocycles. The van der Waals surface area contributed by atoms with Crippen LogP contribution in [0.1, 0.15) is 49.5 Å². The average molecular weight is 316 g/mol. The van der Waals surface area contributed by atoms with Crippen molar-refractivity contribution < 1.29 is 9.53 Å². The Labute approximate surface area is 139 Å². The summed E-state index contributed by atoms with van der Waals surface area (Å²) in [4.78, 5) is 14.7. The van der Waals surface area contributed by atoms with Crippen LogP contribution in [-0.4, -0.2) is 49.2 Å². The first-order valence-corrected chi connectivity index (χ1v) is 8.64. The van der Waals surface area contributed by atoms with E-state index in [1.807, 2.05) is 17.0 Å². The maximum atomic E-state index is 12.7. The Morgan fingerprint density at radius 3 is 2.35 bits per heavy atom. The molecule has 2 fully saturated rings. The molecule has 126 valence electrons. The maximum Gasteiger partial charge on any atom is 0.253 e. The van der Waals surface area contributed by atoms with E-state index in [9.17, 15) is 4.79 Å². The fourth-order valence-electron chi connectivity index (χ4n) is 3.44. The Balaban J connectivity index is 1.63. The number of carbonyl (C=O) groups excluding carboxylic acids is 1. The molecule has 23 heavy (non-hydrogen) atoms. The Hall–Kier alpha value is -1.39. The Bertz CT molecular complexity index is 544. The summed E-state index contributed by atoms with van der Waals surface area (Å²) in [6.07, 6.45) is 1.84. The van der Waals surface area contributed by atoms with Crippen molar-refractivity contribution in [3.63, 3.8) is 0 Å². The monoisotopic (exact) mass is 316 g/mol. The Morgan fingerprint density at radius 2 is 1.83 bits per heavy atom. The second-order valence-corrected chi connectivity index (χ2v) is 7.83. The minimum absolute atomic E-state index is 0.0505. The predicted octanol–water partition coefficient (Wildman–Crippen LogP) is 2.58. The van der Waals surface area contributed by atoms with Gasteiger partial charge in [-0.1, -0.05) is 32.9 Å². The van der Waals surface area contributed by atoms with E-state index >= 15 is 0 Å². The van der Waals surface area contributed by atoms with Gasteiger partial charge in [0.25, 0.3) is 5.91 Å². The molecule has 2 aliphatic rings. The number of amides is 1. The van der Waals surface area contributed by atoms with E-state index in [0.717, 1.165) is 51.2 Å². The molecule has 1 aromatic rings. The van der Waals surface area contributed by atoms with Crippen molar-refractivity contribution in [2.75, 3.05) is 32.8 Å². The van der Waals surface area contributed by atoms with Crippen LogP contribution in [0.4, 0.5) is 0 Å². The number of piperidine rings is 1. The topological polar surface area (TPSA) is 41.6 Å². The molecule has 1 spiro atoms. The first-order chi connectivity index (χ1) is 10.9. The van der Waals surface area contributed by atoms with Gasteiger partial charge >= 0.3 is 0 Å². The van der Waals surface area contributed by atoms with Gasteiger partial charge in [0, 0.05) is 31.7 Å². The van der Waals surface area contributed by atoms with Crippen LogP contribution in [0, 0.1) is 0 Å². The van der Waals surface area contributed by atoms with Gasteiger partial charge in [-0.3, -0.25) is 4.79 Å². The van der Waals surface area contributed by atoms with Gasteiger partial charge in [0.1, 0.15) is 0 Å². The Kier molecular flexibility index (Phi) is 4.47. The molecule has 1 amide bonds. The smallest absolute Gasteiger partial charge is 0.253 e. The van der Waals surface area contributed by atoms with Crippen LogP contribution in [0.5, 0.6) is 0 Å². The van der Waals surface area contributed by atoms with Crippen LogP contribution >= 0.6 is 0 Å². The molecule has 0 bridgehead atoms. The van der Waals surface area contributed by atoms with Gasteiger partial charge in [0.2, 0.25) is 0 Å². The minimum atomic E-state index is -0.0505. The maximum absolute atomic E-state index is 12.7. The second kappa shape index (κ2) is 6.25. The zero-order valence-corrected chi connectivity index (χ0v) is 14.5. The molecule has 2 heterocycles. The minimum Gasteiger partial charge on any atom is -0.372 e. The number of carbonyl (C=O) groups is 1. The second-order valence-electron chi connectivity index (χ2n) is 7.83. The molecule has 2 saturated heterocycles.